The Labute approximate surface area is 61.4 Å². The van der Waals surface area contributed by atoms with Crippen molar-refractivity contribution in [3.05, 3.63) is 35.1 Å². The highest BCUT2D eigenvalue weighted by Gasteiger charge is 1.91. The molecule has 0 N–H and O–H groups in total. The summed E-state index contributed by atoms with van der Waals surface area (Å²) in [6.07, 6.45) is 0. The molecule has 0 amide bonds. The molecule has 0 nitrogen and oxygen atoms in total. The van der Waals surface area contributed by atoms with E-state index in [0.29, 0.717) is 0 Å². The molecule has 0 aliphatic heterocycles. The van der Waals surface area contributed by atoms with Crippen LogP contribution in [-0.4, -0.2) is 0 Å². The molecular formula is C6H6ClF3. The second-order valence-corrected chi connectivity index (χ2v) is 1.82. The first-order chi connectivity index (χ1) is 3.80. The Balaban J connectivity index is 0. The quantitative estimate of drug-likeness (QED) is 0.562. The van der Waals surface area contributed by atoms with Crippen LogP contribution in [0.4, 0.5) is 13.8 Å². The Hall–Kier alpha value is -0.700. The zero-order valence-corrected chi connectivity index (χ0v) is 5.64. The normalized spacial score (nSPS) is 7.40. The molecule has 0 spiro atoms. The number of halogens is 4. The minimum absolute atomic E-state index is 0. The van der Waals surface area contributed by atoms with Gasteiger partial charge in [-0.3, -0.25) is 9.41 Å². The van der Waals surface area contributed by atoms with E-state index < -0.39 is 0 Å². The molecule has 0 atom stereocenters. The third kappa shape index (κ3) is 2.73. The summed E-state index contributed by atoms with van der Waals surface area (Å²) in [5, 5.41) is 0.174. The van der Waals surface area contributed by atoms with Gasteiger partial charge in [-0.25, -0.2) is 4.39 Å². The van der Waals surface area contributed by atoms with Gasteiger partial charge in [0.25, 0.3) is 0 Å². The molecule has 1 aromatic carbocycles. The molecule has 0 saturated heterocycles. The third-order valence-electron chi connectivity index (χ3n) is 0.824. The molecule has 1 rings (SSSR count). The van der Waals surface area contributed by atoms with E-state index in [1.54, 1.807) is 12.1 Å². The van der Waals surface area contributed by atoms with Gasteiger partial charge in [-0.05, 0) is 12.1 Å². The first-order valence-corrected chi connectivity index (χ1v) is 2.58. The predicted octanol–water partition coefficient (Wildman–Crippen LogP) is 2.78. The molecule has 0 aromatic heterocycles. The van der Waals surface area contributed by atoms with Crippen LogP contribution in [0.1, 0.15) is 0 Å². The maximum Gasteiger partial charge on any atom is 0.141 e. The average molecular weight is 171 g/mol. The Morgan fingerprint density at radius 1 is 1.10 bits per heavy atom. The first kappa shape index (κ1) is 12.0. The van der Waals surface area contributed by atoms with Gasteiger partial charge in [0, 0.05) is 0 Å². The Bertz CT molecular complexity index is 169. The maximum absolute atomic E-state index is 12.2. The number of rotatable bonds is 0. The average Bonchev–Trinajstić information content (AvgIpc) is 1.77. The van der Waals surface area contributed by atoms with Gasteiger partial charge < -0.3 is 0 Å². The Morgan fingerprint density at radius 2 is 1.60 bits per heavy atom. The molecule has 4 heteroatoms. The summed E-state index contributed by atoms with van der Waals surface area (Å²) in [4.78, 5) is 0. The minimum atomic E-state index is -0.367. The highest BCUT2D eigenvalue weighted by molar-refractivity contribution is 6.30. The van der Waals surface area contributed by atoms with Crippen molar-refractivity contribution < 1.29 is 13.8 Å². The topological polar surface area (TPSA) is 0 Å². The predicted molar refractivity (Wildman–Crippen MR) is 36.4 cm³/mol. The smallest absolute Gasteiger partial charge is 0.141 e. The van der Waals surface area contributed by atoms with Crippen LogP contribution in [0.5, 0.6) is 0 Å². The summed E-state index contributed by atoms with van der Waals surface area (Å²) < 4.78 is 12.2. The lowest BCUT2D eigenvalue weighted by molar-refractivity contribution is 0.628. The standard InChI is InChI=1S/C6H4ClF.2FH/c7-5-3-1-2-4-6(5)8;;/h1-4H;2*1H. The van der Waals surface area contributed by atoms with Gasteiger partial charge in [0.05, 0.1) is 5.02 Å². The van der Waals surface area contributed by atoms with Crippen LogP contribution in [0.2, 0.25) is 5.02 Å². The summed E-state index contributed by atoms with van der Waals surface area (Å²) in [5.41, 5.74) is 0. The van der Waals surface area contributed by atoms with E-state index in [1.165, 1.54) is 12.1 Å². The van der Waals surface area contributed by atoms with Crippen molar-refractivity contribution >= 4 is 11.6 Å². The van der Waals surface area contributed by atoms with E-state index in [9.17, 15) is 4.39 Å². The van der Waals surface area contributed by atoms with Gasteiger partial charge in [0.15, 0.2) is 0 Å². The highest BCUT2D eigenvalue weighted by Crippen LogP contribution is 2.11. The maximum atomic E-state index is 12.2. The summed E-state index contributed by atoms with van der Waals surface area (Å²) in [6, 6.07) is 6.12. The minimum Gasteiger partial charge on any atom is -0.269 e. The van der Waals surface area contributed by atoms with E-state index in [0.717, 1.165) is 0 Å². The zero-order valence-electron chi connectivity index (χ0n) is 4.88. The largest absolute Gasteiger partial charge is 0.269 e. The first-order valence-electron chi connectivity index (χ1n) is 2.21. The Kier molecular flexibility index (Phi) is 6.15. The lowest BCUT2D eigenvalue weighted by Gasteiger charge is -1.86. The lowest BCUT2D eigenvalue weighted by atomic mass is 10.4. The second-order valence-electron chi connectivity index (χ2n) is 1.41. The van der Waals surface area contributed by atoms with E-state index in [4.69, 9.17) is 11.6 Å². The van der Waals surface area contributed by atoms with E-state index >= 15 is 0 Å². The molecule has 0 aliphatic carbocycles. The van der Waals surface area contributed by atoms with Crippen LogP contribution in [0, 0.1) is 5.82 Å². The van der Waals surface area contributed by atoms with Crippen molar-refractivity contribution in [2.45, 2.75) is 0 Å². The Morgan fingerprint density at radius 3 is 1.90 bits per heavy atom. The van der Waals surface area contributed by atoms with Crippen LogP contribution in [0.25, 0.3) is 0 Å². The zero-order chi connectivity index (χ0) is 5.98. The lowest BCUT2D eigenvalue weighted by Crippen LogP contribution is -1.70. The van der Waals surface area contributed by atoms with Crippen LogP contribution < -0.4 is 0 Å². The summed E-state index contributed by atoms with van der Waals surface area (Å²) >= 11 is 5.33. The van der Waals surface area contributed by atoms with E-state index in [1.807, 2.05) is 0 Å². The van der Waals surface area contributed by atoms with Crippen LogP contribution in [-0.2, 0) is 0 Å². The molecule has 0 bridgehead atoms. The SMILES string of the molecule is F.F.Fc1ccccc1Cl. The molecule has 0 heterocycles. The van der Waals surface area contributed by atoms with Crippen molar-refractivity contribution in [2.24, 2.45) is 0 Å². The van der Waals surface area contributed by atoms with Crippen molar-refractivity contribution in [3.8, 4) is 0 Å². The van der Waals surface area contributed by atoms with Gasteiger partial charge >= 0.3 is 0 Å². The second kappa shape index (κ2) is 5.11. The third-order valence-corrected chi connectivity index (χ3v) is 1.13. The van der Waals surface area contributed by atoms with Gasteiger partial charge in [-0.15, -0.1) is 0 Å². The summed E-state index contributed by atoms with van der Waals surface area (Å²) in [5.74, 6) is -0.367. The number of hydrogen-bond acceptors (Lipinski definition) is 0. The molecule has 1 aromatic rings. The molecular weight excluding hydrogens is 165 g/mol. The fraction of sp³-hybridized carbons (Fsp3) is 0. The molecule has 58 valence electrons. The molecule has 10 heavy (non-hydrogen) atoms. The number of hydrogen-bond donors (Lipinski definition) is 0. The van der Waals surface area contributed by atoms with Crippen LogP contribution in [0.15, 0.2) is 24.3 Å². The summed E-state index contributed by atoms with van der Waals surface area (Å²) in [6.45, 7) is 0. The molecule has 0 aliphatic rings. The van der Waals surface area contributed by atoms with Crippen LogP contribution in [0.3, 0.4) is 0 Å². The van der Waals surface area contributed by atoms with Gasteiger partial charge in [0.2, 0.25) is 0 Å². The van der Waals surface area contributed by atoms with E-state index in [-0.39, 0.29) is 20.2 Å². The fourth-order valence-electron chi connectivity index (χ4n) is 0.439. The molecule has 0 radical (unpaired) electrons. The van der Waals surface area contributed by atoms with E-state index in [2.05, 4.69) is 0 Å². The van der Waals surface area contributed by atoms with Gasteiger partial charge in [0.1, 0.15) is 5.82 Å². The molecule has 0 fully saturated rings. The van der Waals surface area contributed by atoms with Gasteiger partial charge in [-0.2, -0.15) is 0 Å². The van der Waals surface area contributed by atoms with Gasteiger partial charge in [-0.1, -0.05) is 23.7 Å². The monoisotopic (exact) mass is 170 g/mol. The van der Waals surface area contributed by atoms with Crippen molar-refractivity contribution in [1.82, 2.24) is 0 Å². The van der Waals surface area contributed by atoms with Crippen molar-refractivity contribution in [2.75, 3.05) is 0 Å². The van der Waals surface area contributed by atoms with Crippen molar-refractivity contribution in [3.63, 3.8) is 0 Å². The summed E-state index contributed by atoms with van der Waals surface area (Å²) in [7, 11) is 0. The van der Waals surface area contributed by atoms with Crippen molar-refractivity contribution in [1.29, 1.82) is 0 Å². The molecule has 0 saturated carbocycles. The van der Waals surface area contributed by atoms with Crippen LogP contribution >= 0.6 is 11.6 Å². The number of benzene rings is 1. The molecule has 0 unspecified atom stereocenters. The fourth-order valence-corrected chi connectivity index (χ4v) is 0.575. The highest BCUT2D eigenvalue weighted by atomic mass is 35.5.